The van der Waals surface area contributed by atoms with Crippen LogP contribution in [0.15, 0.2) is 21.9 Å². The summed E-state index contributed by atoms with van der Waals surface area (Å²) in [6.07, 6.45) is 3.61. The standard InChI is InChI=1S/C20H25N9O5/c1-31-14-7-6-12(16(32-2)17(14)33-3)10-22-24-20(30)15-13(11-28-8-4-5-9-28)23-27-29(15)19-18(21)25-34-26-19/h6-7,10H,4-5,8-9,11H2,1-3H3,(H2,21,25)(H,24,30)/b22-10+. The maximum atomic E-state index is 13.2. The predicted octanol–water partition coefficient (Wildman–Crippen LogP) is 0.618. The fraction of sp³-hybridized carbons (Fsp3) is 0.400. The molecule has 1 saturated heterocycles. The van der Waals surface area contributed by atoms with Crippen molar-refractivity contribution >= 4 is 17.9 Å². The normalized spacial score (nSPS) is 14.0. The molecule has 0 aliphatic carbocycles. The summed E-state index contributed by atoms with van der Waals surface area (Å²) in [7, 11) is 4.53. The maximum absolute atomic E-state index is 13.2. The van der Waals surface area contributed by atoms with Gasteiger partial charge in [0.05, 0.1) is 27.5 Å². The molecule has 3 heterocycles. The summed E-state index contributed by atoms with van der Waals surface area (Å²) in [5, 5.41) is 19.6. The number of nitrogens with one attached hydrogen (secondary N) is 1. The Balaban J connectivity index is 1.61. The van der Waals surface area contributed by atoms with Crippen LogP contribution < -0.4 is 25.4 Å². The van der Waals surface area contributed by atoms with Crippen LogP contribution in [0.2, 0.25) is 0 Å². The second kappa shape index (κ2) is 10.2. The lowest BCUT2D eigenvalue weighted by molar-refractivity contribution is 0.0945. The fourth-order valence-corrected chi connectivity index (χ4v) is 3.72. The van der Waals surface area contributed by atoms with E-state index in [9.17, 15) is 4.79 Å². The Hall–Kier alpha value is -4.20. The van der Waals surface area contributed by atoms with Crippen LogP contribution >= 0.6 is 0 Å². The van der Waals surface area contributed by atoms with E-state index in [0.29, 0.717) is 35.1 Å². The molecular weight excluding hydrogens is 446 g/mol. The highest BCUT2D eigenvalue weighted by Gasteiger charge is 2.27. The Morgan fingerprint density at radius 3 is 2.59 bits per heavy atom. The van der Waals surface area contributed by atoms with E-state index in [2.05, 4.69) is 40.7 Å². The van der Waals surface area contributed by atoms with Crippen molar-refractivity contribution in [1.82, 2.24) is 35.6 Å². The Labute approximate surface area is 194 Å². The number of ether oxygens (including phenoxy) is 3. The summed E-state index contributed by atoms with van der Waals surface area (Å²) >= 11 is 0. The van der Waals surface area contributed by atoms with E-state index >= 15 is 0 Å². The van der Waals surface area contributed by atoms with E-state index in [-0.39, 0.29) is 17.3 Å². The molecule has 14 nitrogen and oxygen atoms in total. The first-order chi connectivity index (χ1) is 16.6. The Morgan fingerprint density at radius 1 is 1.18 bits per heavy atom. The monoisotopic (exact) mass is 471 g/mol. The van der Waals surface area contributed by atoms with Gasteiger partial charge in [-0.3, -0.25) is 9.69 Å². The molecule has 0 atom stereocenters. The summed E-state index contributed by atoms with van der Waals surface area (Å²) < 4.78 is 21.9. The van der Waals surface area contributed by atoms with Crippen molar-refractivity contribution in [2.75, 3.05) is 40.2 Å². The van der Waals surface area contributed by atoms with E-state index in [1.54, 1.807) is 12.1 Å². The van der Waals surface area contributed by atoms with Gasteiger partial charge in [0.1, 0.15) is 5.69 Å². The molecule has 34 heavy (non-hydrogen) atoms. The lowest BCUT2D eigenvalue weighted by atomic mass is 10.2. The average Bonchev–Trinajstić information content (AvgIpc) is 3.60. The topological polar surface area (TPSA) is 168 Å². The van der Waals surface area contributed by atoms with Crippen molar-refractivity contribution in [3.8, 4) is 23.1 Å². The second-order valence-corrected chi connectivity index (χ2v) is 7.38. The third kappa shape index (κ3) is 4.47. The molecule has 0 radical (unpaired) electrons. The molecule has 0 bridgehead atoms. The average molecular weight is 471 g/mol. The number of hydrogen-bond acceptors (Lipinski definition) is 12. The summed E-state index contributed by atoms with van der Waals surface area (Å²) in [6, 6.07) is 3.43. The molecule has 1 fully saturated rings. The number of hydrazone groups is 1. The minimum Gasteiger partial charge on any atom is -0.493 e. The smallest absolute Gasteiger partial charge is 0.292 e. The van der Waals surface area contributed by atoms with Gasteiger partial charge >= 0.3 is 0 Å². The van der Waals surface area contributed by atoms with Gasteiger partial charge in [-0.2, -0.15) is 9.78 Å². The summed E-state index contributed by atoms with van der Waals surface area (Å²) in [6.45, 7) is 2.28. The van der Waals surface area contributed by atoms with Gasteiger partial charge in [-0.15, -0.1) is 5.10 Å². The van der Waals surface area contributed by atoms with E-state index in [1.165, 1.54) is 32.2 Å². The highest BCUT2D eigenvalue weighted by molar-refractivity contribution is 5.95. The zero-order valence-electron chi connectivity index (χ0n) is 19.0. The first-order valence-electron chi connectivity index (χ1n) is 10.4. The van der Waals surface area contributed by atoms with E-state index < -0.39 is 5.91 Å². The fourth-order valence-electron chi connectivity index (χ4n) is 3.72. The molecule has 0 saturated carbocycles. The van der Waals surface area contributed by atoms with E-state index in [4.69, 9.17) is 19.9 Å². The van der Waals surface area contributed by atoms with Crippen LogP contribution in [-0.2, 0) is 6.54 Å². The number of carbonyl (C=O) groups excluding carboxylic acids is 1. The number of carbonyl (C=O) groups is 1. The van der Waals surface area contributed by atoms with Gasteiger partial charge in [0, 0.05) is 12.1 Å². The largest absolute Gasteiger partial charge is 0.493 e. The number of anilines is 1. The molecule has 1 aliphatic heterocycles. The van der Waals surface area contributed by atoms with Crippen LogP contribution in [0.3, 0.4) is 0 Å². The molecule has 0 unspecified atom stereocenters. The van der Waals surface area contributed by atoms with Gasteiger partial charge in [0.15, 0.2) is 17.2 Å². The molecule has 1 aliphatic rings. The van der Waals surface area contributed by atoms with Gasteiger partial charge in [0.25, 0.3) is 5.91 Å². The van der Waals surface area contributed by atoms with Crippen LogP contribution in [0.25, 0.3) is 5.82 Å². The zero-order chi connectivity index (χ0) is 24.1. The molecular formula is C20H25N9O5. The molecule has 3 aromatic rings. The van der Waals surface area contributed by atoms with Crippen LogP contribution in [0.5, 0.6) is 17.2 Å². The minimum absolute atomic E-state index is 0.0229. The van der Waals surface area contributed by atoms with Crippen molar-refractivity contribution < 1.29 is 23.6 Å². The Kier molecular flexibility index (Phi) is 6.87. The Bertz CT molecular complexity index is 1180. The SMILES string of the molecule is COc1ccc(/C=N/NC(=O)c2c(CN3CCCC3)nnn2-c2nonc2N)c(OC)c1OC. The number of nitrogens with zero attached hydrogens (tertiary/aromatic N) is 7. The zero-order valence-corrected chi connectivity index (χ0v) is 19.0. The number of methoxy groups -OCH3 is 3. The number of hydrogen-bond donors (Lipinski definition) is 2. The maximum Gasteiger partial charge on any atom is 0.292 e. The Morgan fingerprint density at radius 2 is 1.94 bits per heavy atom. The number of benzene rings is 1. The third-order valence-corrected chi connectivity index (χ3v) is 5.33. The van der Waals surface area contributed by atoms with Crippen molar-refractivity contribution in [3.05, 3.63) is 29.1 Å². The molecule has 2 aromatic heterocycles. The summed E-state index contributed by atoms with van der Waals surface area (Å²) in [5.41, 5.74) is 9.47. The highest BCUT2D eigenvalue weighted by Crippen LogP contribution is 2.39. The third-order valence-electron chi connectivity index (χ3n) is 5.33. The van der Waals surface area contributed by atoms with Gasteiger partial charge in [-0.1, -0.05) is 5.21 Å². The lowest BCUT2D eigenvalue weighted by Crippen LogP contribution is -2.26. The van der Waals surface area contributed by atoms with Crippen LogP contribution in [-0.4, -0.2) is 76.7 Å². The number of aromatic nitrogens is 5. The first-order valence-corrected chi connectivity index (χ1v) is 10.4. The van der Waals surface area contributed by atoms with E-state index in [0.717, 1.165) is 25.9 Å². The van der Waals surface area contributed by atoms with Crippen LogP contribution in [0.4, 0.5) is 5.82 Å². The van der Waals surface area contributed by atoms with Gasteiger partial charge < -0.3 is 19.9 Å². The number of likely N-dealkylation sites (tertiary alicyclic amines) is 1. The number of nitrogens with two attached hydrogens (primary N) is 1. The number of amides is 1. The molecule has 1 aromatic carbocycles. The number of rotatable bonds is 9. The van der Waals surface area contributed by atoms with Crippen molar-refractivity contribution in [3.63, 3.8) is 0 Å². The quantitative estimate of drug-likeness (QED) is 0.331. The second-order valence-electron chi connectivity index (χ2n) is 7.38. The lowest BCUT2D eigenvalue weighted by Gasteiger charge is -2.14. The molecule has 0 spiro atoms. The summed E-state index contributed by atoms with van der Waals surface area (Å²) in [4.78, 5) is 15.3. The van der Waals surface area contributed by atoms with Gasteiger partial charge in [-0.25, -0.2) is 10.1 Å². The first kappa shape index (κ1) is 23.0. The van der Waals surface area contributed by atoms with E-state index in [1.807, 2.05) is 0 Å². The molecule has 14 heteroatoms. The molecule has 4 rings (SSSR count). The molecule has 180 valence electrons. The van der Waals surface area contributed by atoms with Crippen molar-refractivity contribution in [2.45, 2.75) is 19.4 Å². The summed E-state index contributed by atoms with van der Waals surface area (Å²) in [5.74, 6) is 0.798. The predicted molar refractivity (Wildman–Crippen MR) is 119 cm³/mol. The van der Waals surface area contributed by atoms with Crippen molar-refractivity contribution in [1.29, 1.82) is 0 Å². The van der Waals surface area contributed by atoms with Gasteiger partial charge in [-0.05, 0) is 48.4 Å². The van der Waals surface area contributed by atoms with Crippen LogP contribution in [0.1, 0.15) is 34.6 Å². The van der Waals surface area contributed by atoms with Crippen molar-refractivity contribution in [2.24, 2.45) is 5.10 Å². The molecule has 3 N–H and O–H groups in total. The number of nitrogen functional groups attached to an aromatic ring is 1. The highest BCUT2D eigenvalue weighted by atomic mass is 16.6. The van der Waals surface area contributed by atoms with Gasteiger partial charge in [0.2, 0.25) is 17.4 Å². The van der Waals surface area contributed by atoms with Crippen LogP contribution in [0, 0.1) is 0 Å². The minimum atomic E-state index is -0.558. The molecule has 1 amide bonds.